The molecule has 0 aliphatic carbocycles. The number of hydrogen-bond acceptors (Lipinski definition) is 6. The van der Waals surface area contributed by atoms with E-state index in [0.29, 0.717) is 25.6 Å². The van der Waals surface area contributed by atoms with Crippen molar-refractivity contribution in [3.63, 3.8) is 0 Å². The zero-order valence-corrected chi connectivity index (χ0v) is 15.2. The van der Waals surface area contributed by atoms with Gasteiger partial charge in [-0.1, -0.05) is 0 Å². The van der Waals surface area contributed by atoms with Crippen molar-refractivity contribution in [3.8, 4) is 5.75 Å². The van der Waals surface area contributed by atoms with Gasteiger partial charge in [-0.2, -0.15) is 0 Å². The standard InChI is InChI=1S/C16H24NO5P/c1-6-20-23(18,21-7-2)9-8-13-10-17-12(3)15-14(13)11-19-16(4,5)22-15/h8-10H,6-7,11H2,1-5H3/b9-8-. The Balaban J connectivity index is 2.35. The predicted molar refractivity (Wildman–Crippen MR) is 88.4 cm³/mol. The molecule has 0 bridgehead atoms. The molecular formula is C16H24NO5P. The van der Waals surface area contributed by atoms with Gasteiger partial charge in [0.2, 0.25) is 5.79 Å². The molecule has 0 amide bonds. The Morgan fingerprint density at radius 2 is 2.00 bits per heavy atom. The third-order valence-corrected chi connectivity index (χ3v) is 5.07. The number of nitrogens with zero attached hydrogens (tertiary/aromatic N) is 1. The summed E-state index contributed by atoms with van der Waals surface area (Å²) in [6.07, 6.45) is 3.40. The topological polar surface area (TPSA) is 66.9 Å². The first-order valence-electron chi connectivity index (χ1n) is 7.69. The summed E-state index contributed by atoms with van der Waals surface area (Å²) >= 11 is 0. The van der Waals surface area contributed by atoms with Crippen LogP contribution in [0.5, 0.6) is 5.75 Å². The monoisotopic (exact) mass is 341 g/mol. The molecule has 0 atom stereocenters. The van der Waals surface area contributed by atoms with E-state index in [4.69, 9.17) is 18.5 Å². The molecule has 1 aromatic heterocycles. The molecule has 0 aromatic carbocycles. The van der Waals surface area contributed by atoms with E-state index in [1.54, 1.807) is 26.1 Å². The SMILES string of the molecule is CCOP(=O)(/C=C\c1cnc(C)c2c1COC(C)(C)O2)OCC. The Morgan fingerprint density at radius 3 is 2.61 bits per heavy atom. The highest BCUT2D eigenvalue weighted by atomic mass is 31.2. The molecule has 1 aromatic rings. The molecule has 0 radical (unpaired) electrons. The fourth-order valence-electron chi connectivity index (χ4n) is 2.26. The van der Waals surface area contributed by atoms with Crippen LogP contribution in [0.15, 0.2) is 12.0 Å². The molecule has 0 saturated carbocycles. The third kappa shape index (κ3) is 4.42. The number of pyridine rings is 1. The van der Waals surface area contributed by atoms with E-state index in [9.17, 15) is 4.57 Å². The summed E-state index contributed by atoms with van der Waals surface area (Å²) in [6, 6.07) is 0. The minimum absolute atomic E-state index is 0.312. The highest BCUT2D eigenvalue weighted by Gasteiger charge is 2.30. The van der Waals surface area contributed by atoms with Crippen LogP contribution in [0.2, 0.25) is 0 Å². The van der Waals surface area contributed by atoms with Crippen molar-refractivity contribution < 1.29 is 23.1 Å². The summed E-state index contributed by atoms with van der Waals surface area (Å²) < 4.78 is 34.6. The maximum Gasteiger partial charge on any atom is 0.354 e. The minimum Gasteiger partial charge on any atom is -0.461 e. The average molecular weight is 341 g/mol. The van der Waals surface area contributed by atoms with Crippen LogP contribution < -0.4 is 4.74 Å². The largest absolute Gasteiger partial charge is 0.461 e. The second-order valence-electron chi connectivity index (χ2n) is 5.59. The Morgan fingerprint density at radius 1 is 1.35 bits per heavy atom. The van der Waals surface area contributed by atoms with Crippen molar-refractivity contribution in [2.45, 2.75) is 47.0 Å². The van der Waals surface area contributed by atoms with Gasteiger partial charge in [0.1, 0.15) is 5.75 Å². The van der Waals surface area contributed by atoms with Crippen molar-refractivity contribution in [2.24, 2.45) is 0 Å². The Kier molecular flexibility index (Phi) is 5.63. The van der Waals surface area contributed by atoms with Crippen LogP contribution in [0, 0.1) is 6.92 Å². The van der Waals surface area contributed by atoms with E-state index in [-0.39, 0.29) is 0 Å². The minimum atomic E-state index is -3.25. The van der Waals surface area contributed by atoms with Crippen LogP contribution in [0.25, 0.3) is 6.08 Å². The van der Waals surface area contributed by atoms with Gasteiger partial charge in [-0.25, -0.2) is 0 Å². The number of fused-ring (bicyclic) bond motifs is 1. The van der Waals surface area contributed by atoms with Crippen LogP contribution >= 0.6 is 7.60 Å². The summed E-state index contributed by atoms with van der Waals surface area (Å²) in [4.78, 5) is 4.35. The number of ether oxygens (including phenoxy) is 2. The molecule has 23 heavy (non-hydrogen) atoms. The summed E-state index contributed by atoms with van der Waals surface area (Å²) in [5, 5.41) is 0. The van der Waals surface area contributed by atoms with Crippen molar-refractivity contribution in [2.75, 3.05) is 13.2 Å². The Bertz CT molecular complexity index is 632. The van der Waals surface area contributed by atoms with Crippen LogP contribution in [0.3, 0.4) is 0 Å². The third-order valence-electron chi connectivity index (χ3n) is 3.32. The number of aromatic nitrogens is 1. The maximum atomic E-state index is 12.5. The molecule has 0 fully saturated rings. The van der Waals surface area contributed by atoms with Crippen LogP contribution in [-0.4, -0.2) is 24.0 Å². The van der Waals surface area contributed by atoms with Crippen molar-refractivity contribution in [1.82, 2.24) is 4.98 Å². The van der Waals surface area contributed by atoms with Crippen LogP contribution in [0.4, 0.5) is 0 Å². The first-order valence-corrected chi connectivity index (χ1v) is 9.31. The smallest absolute Gasteiger partial charge is 0.354 e. The lowest BCUT2D eigenvalue weighted by atomic mass is 10.1. The van der Waals surface area contributed by atoms with Gasteiger partial charge in [0.05, 0.1) is 25.5 Å². The lowest BCUT2D eigenvalue weighted by Crippen LogP contribution is -2.36. The van der Waals surface area contributed by atoms with Gasteiger partial charge in [-0.15, -0.1) is 0 Å². The van der Waals surface area contributed by atoms with Crippen LogP contribution in [0.1, 0.15) is 44.5 Å². The van der Waals surface area contributed by atoms with E-state index in [1.807, 2.05) is 20.8 Å². The molecule has 128 valence electrons. The first kappa shape index (κ1) is 18.1. The van der Waals surface area contributed by atoms with Crippen molar-refractivity contribution in [1.29, 1.82) is 0 Å². The molecule has 6 nitrogen and oxygen atoms in total. The van der Waals surface area contributed by atoms with Crippen LogP contribution in [-0.2, 0) is 25.0 Å². The molecule has 2 heterocycles. The van der Waals surface area contributed by atoms with Crippen molar-refractivity contribution in [3.05, 3.63) is 28.8 Å². The summed E-state index contributed by atoms with van der Waals surface area (Å²) in [5.41, 5.74) is 2.46. The molecule has 1 aliphatic rings. The van der Waals surface area contributed by atoms with E-state index in [0.717, 1.165) is 16.8 Å². The van der Waals surface area contributed by atoms with Crippen molar-refractivity contribution >= 4 is 13.7 Å². The van der Waals surface area contributed by atoms with Gasteiger partial charge in [-0.3, -0.25) is 9.55 Å². The lowest BCUT2D eigenvalue weighted by Gasteiger charge is -2.33. The summed E-state index contributed by atoms with van der Waals surface area (Å²) in [5.74, 6) is 1.49. The number of rotatable bonds is 6. The highest BCUT2D eigenvalue weighted by molar-refractivity contribution is 7.57. The van der Waals surface area contributed by atoms with E-state index in [2.05, 4.69) is 4.98 Å². The molecule has 2 rings (SSSR count). The second kappa shape index (κ2) is 7.14. The Hall–Kier alpha value is -1.20. The fourth-order valence-corrected chi connectivity index (χ4v) is 3.57. The van der Waals surface area contributed by atoms with Gasteiger partial charge in [0.25, 0.3) is 0 Å². The maximum absolute atomic E-state index is 12.5. The lowest BCUT2D eigenvalue weighted by molar-refractivity contribution is -0.180. The molecular weight excluding hydrogens is 317 g/mol. The number of aryl methyl sites for hydroxylation is 1. The Labute approximate surface area is 137 Å². The van der Waals surface area contributed by atoms with Gasteiger partial charge < -0.3 is 18.5 Å². The molecule has 1 aliphatic heterocycles. The molecule has 0 saturated heterocycles. The molecule has 0 N–H and O–H groups in total. The zero-order chi connectivity index (χ0) is 17.1. The molecule has 0 spiro atoms. The average Bonchev–Trinajstić information content (AvgIpc) is 2.47. The molecule has 0 unspecified atom stereocenters. The van der Waals surface area contributed by atoms with Gasteiger partial charge in [0.15, 0.2) is 0 Å². The van der Waals surface area contributed by atoms with Gasteiger partial charge >= 0.3 is 7.60 Å². The second-order valence-corrected chi connectivity index (χ2v) is 7.48. The van der Waals surface area contributed by atoms with E-state index >= 15 is 0 Å². The molecule has 7 heteroatoms. The highest BCUT2D eigenvalue weighted by Crippen LogP contribution is 2.50. The first-order chi connectivity index (χ1) is 10.8. The summed E-state index contributed by atoms with van der Waals surface area (Å²) in [7, 11) is -3.25. The zero-order valence-electron chi connectivity index (χ0n) is 14.3. The number of hydrogen-bond donors (Lipinski definition) is 0. The predicted octanol–water partition coefficient (Wildman–Crippen LogP) is 4.27. The van der Waals surface area contributed by atoms with Gasteiger partial charge in [-0.05, 0) is 26.8 Å². The van der Waals surface area contributed by atoms with E-state index < -0.39 is 13.4 Å². The fraction of sp³-hybridized carbons (Fsp3) is 0.562. The summed E-state index contributed by atoms with van der Waals surface area (Å²) in [6.45, 7) is 10.2. The normalized spacial score (nSPS) is 17.1. The van der Waals surface area contributed by atoms with Gasteiger partial charge in [0, 0.05) is 37.0 Å². The quantitative estimate of drug-likeness (QED) is 0.720. The van der Waals surface area contributed by atoms with E-state index in [1.165, 1.54) is 5.82 Å².